The lowest BCUT2D eigenvalue weighted by atomic mass is 10.1. The molecule has 8 nitrogen and oxygen atoms in total. The molecule has 0 aromatic heterocycles. The lowest BCUT2D eigenvalue weighted by Gasteiger charge is -2.14. The highest BCUT2D eigenvalue weighted by atomic mass is 32.2. The van der Waals surface area contributed by atoms with Crippen LogP contribution in [-0.2, 0) is 20.2 Å². The van der Waals surface area contributed by atoms with E-state index in [1.807, 2.05) is 0 Å². The molecule has 22 heavy (non-hydrogen) atoms. The summed E-state index contributed by atoms with van der Waals surface area (Å²) in [5, 5.41) is 0.467. The zero-order valence-electron chi connectivity index (χ0n) is 11.6. The Morgan fingerprint density at radius 2 is 1.50 bits per heavy atom. The van der Waals surface area contributed by atoms with Gasteiger partial charge in [-0.3, -0.25) is 9.11 Å². The van der Waals surface area contributed by atoms with E-state index in [1.165, 1.54) is 20.1 Å². The number of nitrogen functional groups attached to an aromatic ring is 1. The van der Waals surface area contributed by atoms with Gasteiger partial charge in [0, 0.05) is 10.9 Å². The van der Waals surface area contributed by atoms with Crippen molar-refractivity contribution in [2.24, 2.45) is 0 Å². The zero-order chi connectivity index (χ0) is 16.9. The molecule has 0 aliphatic carbocycles. The fourth-order valence-corrected chi connectivity index (χ4v) is 3.63. The van der Waals surface area contributed by atoms with Gasteiger partial charge in [0.2, 0.25) is 0 Å². The average molecular weight is 347 g/mol. The molecule has 0 unspecified atom stereocenters. The Hall–Kier alpha value is -1.88. The minimum absolute atomic E-state index is 0.122. The predicted octanol–water partition coefficient (Wildman–Crippen LogP) is 1.23. The molecule has 2 aromatic rings. The number of rotatable bonds is 3. The minimum Gasteiger partial charge on any atom is -0.496 e. The Bertz CT molecular complexity index is 973. The molecule has 0 spiro atoms. The van der Waals surface area contributed by atoms with Crippen molar-refractivity contribution in [1.82, 2.24) is 0 Å². The van der Waals surface area contributed by atoms with Gasteiger partial charge in [0.1, 0.15) is 15.5 Å². The lowest BCUT2D eigenvalue weighted by Crippen LogP contribution is -2.06. The Balaban J connectivity index is 3.04. The molecule has 0 aliphatic rings. The smallest absolute Gasteiger partial charge is 0.296 e. The summed E-state index contributed by atoms with van der Waals surface area (Å²) in [6, 6.07) is 3.34. The van der Waals surface area contributed by atoms with E-state index in [2.05, 4.69) is 0 Å². The van der Waals surface area contributed by atoms with Crippen molar-refractivity contribution in [3.05, 3.63) is 23.8 Å². The molecule has 0 saturated heterocycles. The number of benzene rings is 2. The summed E-state index contributed by atoms with van der Waals surface area (Å²) in [6.07, 6.45) is 0. The predicted molar refractivity (Wildman–Crippen MR) is 79.3 cm³/mol. The van der Waals surface area contributed by atoms with Crippen LogP contribution in [-0.4, -0.2) is 33.1 Å². The number of fused-ring (bicyclic) bond motifs is 1. The Morgan fingerprint density at radius 3 is 1.95 bits per heavy atom. The van der Waals surface area contributed by atoms with Gasteiger partial charge in [-0.25, -0.2) is 0 Å². The van der Waals surface area contributed by atoms with E-state index in [4.69, 9.17) is 15.0 Å². The highest BCUT2D eigenvalue weighted by Crippen LogP contribution is 2.37. The SMILES string of the molecule is COc1c(C)c(S(=O)(=O)O)cc2cc(S(=O)(=O)O)c(N)cc12. The minimum atomic E-state index is -4.58. The van der Waals surface area contributed by atoms with Gasteiger partial charge in [-0.1, -0.05) is 0 Å². The van der Waals surface area contributed by atoms with Crippen LogP contribution in [0.25, 0.3) is 10.8 Å². The number of hydrogen-bond acceptors (Lipinski definition) is 6. The average Bonchev–Trinajstić information content (AvgIpc) is 2.35. The molecule has 0 radical (unpaired) electrons. The first-order valence-electron chi connectivity index (χ1n) is 5.82. The maximum Gasteiger partial charge on any atom is 0.296 e. The second-order valence-corrected chi connectivity index (χ2v) is 7.37. The van der Waals surface area contributed by atoms with Crippen molar-refractivity contribution in [1.29, 1.82) is 0 Å². The van der Waals surface area contributed by atoms with E-state index >= 15 is 0 Å². The van der Waals surface area contributed by atoms with Gasteiger partial charge in [0.15, 0.2) is 0 Å². The second kappa shape index (κ2) is 5.09. The van der Waals surface area contributed by atoms with Crippen molar-refractivity contribution in [3.8, 4) is 5.75 Å². The largest absolute Gasteiger partial charge is 0.496 e. The molecule has 0 heterocycles. The molecular weight excluding hydrogens is 334 g/mol. The number of hydrogen-bond donors (Lipinski definition) is 3. The van der Waals surface area contributed by atoms with E-state index in [0.717, 1.165) is 12.1 Å². The van der Waals surface area contributed by atoms with Gasteiger partial charge in [0.05, 0.1) is 12.8 Å². The molecule has 0 atom stereocenters. The Kier molecular flexibility index (Phi) is 3.81. The monoisotopic (exact) mass is 347 g/mol. The van der Waals surface area contributed by atoms with E-state index in [9.17, 15) is 21.4 Å². The molecular formula is C12H13NO7S2. The van der Waals surface area contributed by atoms with Crippen molar-refractivity contribution in [2.45, 2.75) is 16.7 Å². The quantitative estimate of drug-likeness (QED) is 0.555. The first-order chi connectivity index (χ1) is 9.96. The lowest BCUT2D eigenvalue weighted by molar-refractivity contribution is 0.414. The molecule has 0 fully saturated rings. The summed E-state index contributed by atoms with van der Waals surface area (Å²) < 4.78 is 68.9. The molecule has 0 saturated carbocycles. The molecule has 120 valence electrons. The van der Waals surface area contributed by atoms with Crippen molar-refractivity contribution < 1.29 is 30.7 Å². The summed E-state index contributed by atoms with van der Waals surface area (Å²) in [7, 11) is -7.83. The van der Waals surface area contributed by atoms with Crippen LogP contribution >= 0.6 is 0 Å². The molecule has 0 bridgehead atoms. The third-order valence-electron chi connectivity index (χ3n) is 3.18. The van der Waals surface area contributed by atoms with Crippen LogP contribution < -0.4 is 10.5 Å². The number of nitrogens with two attached hydrogens (primary N) is 1. The van der Waals surface area contributed by atoms with Crippen LogP contribution in [0.3, 0.4) is 0 Å². The summed E-state index contributed by atoms with van der Waals surface area (Å²) in [5.41, 5.74) is 5.54. The highest BCUT2D eigenvalue weighted by molar-refractivity contribution is 7.86. The summed E-state index contributed by atoms with van der Waals surface area (Å²) in [4.78, 5) is -0.991. The van der Waals surface area contributed by atoms with E-state index in [-0.39, 0.29) is 22.4 Å². The first-order valence-corrected chi connectivity index (χ1v) is 8.70. The molecule has 4 N–H and O–H groups in total. The highest BCUT2D eigenvalue weighted by Gasteiger charge is 2.22. The van der Waals surface area contributed by atoms with Crippen LogP contribution in [0, 0.1) is 6.92 Å². The van der Waals surface area contributed by atoms with Gasteiger partial charge in [-0.05, 0) is 30.5 Å². The van der Waals surface area contributed by atoms with Crippen molar-refractivity contribution in [3.63, 3.8) is 0 Å². The first kappa shape index (κ1) is 16.5. The Morgan fingerprint density at radius 1 is 1.00 bits per heavy atom. The molecule has 0 amide bonds. The molecule has 2 rings (SSSR count). The second-order valence-electron chi connectivity index (χ2n) is 4.59. The third kappa shape index (κ3) is 2.73. The molecule has 0 aliphatic heterocycles. The standard InChI is InChI=1S/C12H13NO7S2/c1-6-10(21(14,15)16)3-7-4-11(22(17,18)19)9(13)5-8(7)12(6)20-2/h3-5H,13H2,1-2H3,(H,14,15,16)(H,17,18,19). The summed E-state index contributed by atoms with van der Waals surface area (Å²) in [5.74, 6) is 0.124. The van der Waals surface area contributed by atoms with Crippen molar-refractivity contribution >= 4 is 36.7 Å². The molecule has 2 aromatic carbocycles. The van der Waals surface area contributed by atoms with Crippen LogP contribution in [0.4, 0.5) is 5.69 Å². The number of ether oxygens (including phenoxy) is 1. The van der Waals surface area contributed by atoms with Crippen LogP contribution in [0.15, 0.2) is 28.0 Å². The van der Waals surface area contributed by atoms with Gasteiger partial charge < -0.3 is 10.5 Å². The summed E-state index contributed by atoms with van der Waals surface area (Å²) >= 11 is 0. The fraction of sp³-hybridized carbons (Fsp3) is 0.167. The number of methoxy groups -OCH3 is 1. The van der Waals surface area contributed by atoms with Crippen LogP contribution in [0.2, 0.25) is 0 Å². The number of anilines is 1. The normalized spacial score (nSPS) is 12.5. The van der Waals surface area contributed by atoms with Gasteiger partial charge in [0.25, 0.3) is 20.2 Å². The van der Waals surface area contributed by atoms with E-state index < -0.39 is 30.0 Å². The fourth-order valence-electron chi connectivity index (χ4n) is 2.25. The van der Waals surface area contributed by atoms with Gasteiger partial charge in [-0.15, -0.1) is 0 Å². The van der Waals surface area contributed by atoms with Gasteiger partial charge in [-0.2, -0.15) is 16.8 Å². The summed E-state index contributed by atoms with van der Waals surface area (Å²) in [6.45, 7) is 1.42. The van der Waals surface area contributed by atoms with Gasteiger partial charge >= 0.3 is 0 Å². The third-order valence-corrected chi connectivity index (χ3v) is 5.07. The van der Waals surface area contributed by atoms with E-state index in [1.54, 1.807) is 0 Å². The maximum absolute atomic E-state index is 11.4. The van der Waals surface area contributed by atoms with E-state index in [0.29, 0.717) is 5.39 Å². The Labute approximate surface area is 127 Å². The zero-order valence-corrected chi connectivity index (χ0v) is 13.2. The maximum atomic E-state index is 11.4. The van der Waals surface area contributed by atoms with Crippen molar-refractivity contribution in [2.75, 3.05) is 12.8 Å². The topological polar surface area (TPSA) is 144 Å². The van der Waals surface area contributed by atoms with Crippen LogP contribution in [0.1, 0.15) is 5.56 Å². The molecule has 10 heteroatoms. The van der Waals surface area contributed by atoms with Crippen LogP contribution in [0.5, 0.6) is 5.75 Å².